The van der Waals surface area contributed by atoms with Crippen LogP contribution in [0.3, 0.4) is 0 Å². The molecular formula is C25H26N6O. The predicted molar refractivity (Wildman–Crippen MR) is 125 cm³/mol. The van der Waals surface area contributed by atoms with Gasteiger partial charge in [-0.3, -0.25) is 4.79 Å². The Hall–Kier alpha value is -4.00. The summed E-state index contributed by atoms with van der Waals surface area (Å²) in [6.45, 7) is 5.99. The van der Waals surface area contributed by atoms with Gasteiger partial charge in [-0.15, -0.1) is 0 Å². The van der Waals surface area contributed by atoms with Crippen LogP contribution in [-0.4, -0.2) is 42.4 Å². The van der Waals surface area contributed by atoms with Crippen molar-refractivity contribution >= 4 is 12.0 Å². The Labute approximate surface area is 187 Å². The first-order valence-electron chi connectivity index (χ1n) is 10.5. The Morgan fingerprint density at radius 2 is 1.75 bits per heavy atom. The van der Waals surface area contributed by atoms with Crippen molar-refractivity contribution in [1.29, 1.82) is 0 Å². The summed E-state index contributed by atoms with van der Waals surface area (Å²) in [7, 11) is 1.82. The van der Waals surface area contributed by atoms with E-state index in [1.165, 1.54) is 6.33 Å². The van der Waals surface area contributed by atoms with Crippen LogP contribution in [0.1, 0.15) is 35.5 Å². The third kappa shape index (κ3) is 4.23. The van der Waals surface area contributed by atoms with Crippen LogP contribution in [-0.2, 0) is 4.79 Å². The highest BCUT2D eigenvalue weighted by Gasteiger charge is 2.17. The zero-order valence-corrected chi connectivity index (χ0v) is 18.7. The second-order valence-electron chi connectivity index (χ2n) is 7.72. The lowest BCUT2D eigenvalue weighted by Gasteiger charge is -2.24. The van der Waals surface area contributed by atoms with Crippen molar-refractivity contribution in [3.8, 4) is 11.4 Å². The summed E-state index contributed by atoms with van der Waals surface area (Å²) in [5.74, 6) is -0.0656. The van der Waals surface area contributed by atoms with Crippen molar-refractivity contribution in [2.75, 3.05) is 7.05 Å². The monoisotopic (exact) mass is 426 g/mol. The molecule has 0 saturated heterocycles. The van der Waals surface area contributed by atoms with Gasteiger partial charge in [-0.25, -0.2) is 14.3 Å². The number of para-hydroxylation sites is 1. The van der Waals surface area contributed by atoms with Gasteiger partial charge in [0.25, 0.3) is 0 Å². The van der Waals surface area contributed by atoms with E-state index in [1.54, 1.807) is 22.0 Å². The second-order valence-corrected chi connectivity index (χ2v) is 7.72. The first-order chi connectivity index (χ1) is 15.5. The molecule has 32 heavy (non-hydrogen) atoms. The summed E-state index contributed by atoms with van der Waals surface area (Å²) in [6, 6.07) is 17.9. The average Bonchev–Trinajstić information content (AvgIpc) is 3.46. The molecule has 0 spiro atoms. The van der Waals surface area contributed by atoms with E-state index in [0.717, 1.165) is 33.9 Å². The Bertz CT molecular complexity index is 1220. The van der Waals surface area contributed by atoms with Gasteiger partial charge in [0.15, 0.2) is 0 Å². The van der Waals surface area contributed by atoms with Crippen LogP contribution in [0.25, 0.3) is 17.5 Å². The average molecular weight is 427 g/mol. The minimum Gasteiger partial charge on any atom is -0.335 e. The summed E-state index contributed by atoms with van der Waals surface area (Å²) in [5.41, 5.74) is 5.81. The van der Waals surface area contributed by atoms with Crippen LogP contribution in [0.15, 0.2) is 73.3 Å². The molecule has 0 saturated carbocycles. The molecule has 0 bridgehead atoms. The maximum absolute atomic E-state index is 12.9. The third-order valence-corrected chi connectivity index (χ3v) is 5.73. The first kappa shape index (κ1) is 21.2. The zero-order chi connectivity index (χ0) is 22.7. The molecule has 1 amide bonds. The highest BCUT2D eigenvalue weighted by molar-refractivity contribution is 5.92. The van der Waals surface area contributed by atoms with E-state index in [0.29, 0.717) is 0 Å². The van der Waals surface area contributed by atoms with Crippen molar-refractivity contribution < 1.29 is 4.79 Å². The molecule has 7 heteroatoms. The molecule has 4 aromatic rings. The van der Waals surface area contributed by atoms with Crippen molar-refractivity contribution in [3.63, 3.8) is 0 Å². The maximum atomic E-state index is 12.9. The summed E-state index contributed by atoms with van der Waals surface area (Å²) in [4.78, 5) is 18.6. The summed E-state index contributed by atoms with van der Waals surface area (Å²) < 4.78 is 3.61. The smallest absolute Gasteiger partial charge is 0.246 e. The molecule has 2 aromatic heterocycles. The van der Waals surface area contributed by atoms with Crippen LogP contribution < -0.4 is 0 Å². The molecule has 0 aliphatic rings. The molecule has 1 unspecified atom stereocenters. The number of rotatable bonds is 6. The molecule has 0 aliphatic carbocycles. The van der Waals surface area contributed by atoms with Gasteiger partial charge in [0.1, 0.15) is 12.7 Å². The van der Waals surface area contributed by atoms with Gasteiger partial charge in [0.2, 0.25) is 5.91 Å². The van der Waals surface area contributed by atoms with E-state index in [2.05, 4.69) is 15.2 Å². The van der Waals surface area contributed by atoms with Crippen LogP contribution in [0.4, 0.5) is 0 Å². The third-order valence-electron chi connectivity index (χ3n) is 5.73. The van der Waals surface area contributed by atoms with Gasteiger partial charge in [0.05, 0.1) is 23.1 Å². The normalized spacial score (nSPS) is 12.2. The largest absolute Gasteiger partial charge is 0.335 e. The van der Waals surface area contributed by atoms with Crippen molar-refractivity contribution in [3.05, 3.63) is 95.8 Å². The number of likely N-dealkylation sites (N-methyl/N-ethyl adjacent to an activating group) is 1. The molecule has 0 N–H and O–H groups in total. The molecule has 162 valence electrons. The predicted octanol–water partition coefficient (Wildman–Crippen LogP) is 4.30. The molecule has 0 fully saturated rings. The van der Waals surface area contributed by atoms with Crippen LogP contribution in [0.5, 0.6) is 0 Å². The summed E-state index contributed by atoms with van der Waals surface area (Å²) in [6.07, 6.45) is 6.63. The van der Waals surface area contributed by atoms with Crippen molar-refractivity contribution in [2.45, 2.75) is 26.8 Å². The summed E-state index contributed by atoms with van der Waals surface area (Å²) in [5, 5.41) is 8.78. The number of aromatic nitrogens is 5. The van der Waals surface area contributed by atoms with Gasteiger partial charge in [-0.2, -0.15) is 10.2 Å². The number of carbonyl (C=O) groups is 1. The molecule has 0 aliphatic heterocycles. The van der Waals surface area contributed by atoms with E-state index < -0.39 is 0 Å². The maximum Gasteiger partial charge on any atom is 0.246 e. The van der Waals surface area contributed by atoms with Crippen LogP contribution in [0.2, 0.25) is 0 Å². The number of hydrogen-bond donors (Lipinski definition) is 0. The van der Waals surface area contributed by atoms with Crippen LogP contribution in [0, 0.1) is 13.8 Å². The van der Waals surface area contributed by atoms with Gasteiger partial charge in [-0.05, 0) is 56.7 Å². The minimum absolute atomic E-state index is 0.0656. The highest BCUT2D eigenvalue weighted by atomic mass is 16.2. The molecular weight excluding hydrogens is 400 g/mol. The second kappa shape index (κ2) is 9.01. The van der Waals surface area contributed by atoms with Crippen molar-refractivity contribution in [1.82, 2.24) is 29.4 Å². The standard InChI is InChI=1S/C25H26N6O/c1-18-24(20(3)31(28-18)23-8-6-5-7-9-23)14-15-25(32)29(4)19(2)21-10-12-22(13-11-21)30-17-26-16-27-30/h5-17,19H,1-4H3. The fraction of sp³-hybridized carbons (Fsp3) is 0.200. The van der Waals surface area contributed by atoms with E-state index in [4.69, 9.17) is 0 Å². The van der Waals surface area contributed by atoms with E-state index in [9.17, 15) is 4.79 Å². The molecule has 4 rings (SSSR count). The van der Waals surface area contributed by atoms with E-state index >= 15 is 0 Å². The number of amides is 1. The van der Waals surface area contributed by atoms with E-state index in [1.807, 2.05) is 93.2 Å². The SMILES string of the molecule is Cc1nn(-c2ccccc2)c(C)c1C=CC(=O)N(C)C(C)c1ccc(-n2cncn2)cc1. The van der Waals surface area contributed by atoms with Gasteiger partial charge in [0, 0.05) is 24.4 Å². The van der Waals surface area contributed by atoms with Crippen LogP contribution >= 0.6 is 0 Å². The number of nitrogens with zero attached hydrogens (tertiary/aromatic N) is 6. The lowest BCUT2D eigenvalue weighted by molar-refractivity contribution is -0.126. The zero-order valence-electron chi connectivity index (χ0n) is 18.7. The number of carbonyl (C=O) groups excluding carboxylic acids is 1. The van der Waals surface area contributed by atoms with Gasteiger partial charge < -0.3 is 4.90 Å². The van der Waals surface area contributed by atoms with E-state index in [-0.39, 0.29) is 11.9 Å². The topological polar surface area (TPSA) is 68.8 Å². The highest BCUT2D eigenvalue weighted by Crippen LogP contribution is 2.22. The molecule has 0 radical (unpaired) electrons. The Morgan fingerprint density at radius 1 is 1.03 bits per heavy atom. The fourth-order valence-electron chi connectivity index (χ4n) is 3.65. The first-order valence-corrected chi connectivity index (χ1v) is 10.5. The lowest BCUT2D eigenvalue weighted by Crippen LogP contribution is -2.28. The van der Waals surface area contributed by atoms with Gasteiger partial charge in [-0.1, -0.05) is 30.3 Å². The number of benzene rings is 2. The quantitative estimate of drug-likeness (QED) is 0.431. The lowest BCUT2D eigenvalue weighted by atomic mass is 10.1. The number of aryl methyl sites for hydroxylation is 1. The van der Waals surface area contributed by atoms with Crippen molar-refractivity contribution in [2.24, 2.45) is 0 Å². The molecule has 7 nitrogen and oxygen atoms in total. The van der Waals surface area contributed by atoms with Gasteiger partial charge >= 0.3 is 0 Å². The Balaban J connectivity index is 1.48. The Morgan fingerprint density at radius 3 is 2.41 bits per heavy atom. The molecule has 2 aromatic carbocycles. The Kier molecular flexibility index (Phi) is 5.98. The minimum atomic E-state index is -0.0776. The fourth-order valence-corrected chi connectivity index (χ4v) is 3.65. The molecule has 2 heterocycles. The summed E-state index contributed by atoms with van der Waals surface area (Å²) >= 11 is 0. The molecule has 1 atom stereocenters. The number of hydrogen-bond acceptors (Lipinski definition) is 4.